The normalized spacial score (nSPS) is 11.6. The second kappa shape index (κ2) is 5.49. The van der Waals surface area contributed by atoms with Crippen molar-refractivity contribution in [3.05, 3.63) is 42.4 Å². The van der Waals surface area contributed by atoms with Gasteiger partial charge in [-0.1, -0.05) is 13.8 Å². The van der Waals surface area contributed by atoms with Gasteiger partial charge in [0.15, 0.2) is 0 Å². The number of hydrogen-bond acceptors (Lipinski definition) is 5. The van der Waals surface area contributed by atoms with Gasteiger partial charge in [0, 0.05) is 18.0 Å². The van der Waals surface area contributed by atoms with Crippen LogP contribution < -0.4 is 4.72 Å². The molecule has 0 spiro atoms. The third kappa shape index (κ3) is 3.08. The second-order valence-corrected chi connectivity index (χ2v) is 6.11. The van der Waals surface area contributed by atoms with E-state index in [0.29, 0.717) is 5.56 Å². The number of anilines is 1. The first-order chi connectivity index (χ1) is 9.40. The van der Waals surface area contributed by atoms with Gasteiger partial charge in [-0.05, 0) is 12.0 Å². The van der Waals surface area contributed by atoms with Crippen LogP contribution in [0.5, 0.6) is 0 Å². The zero-order chi connectivity index (χ0) is 14.8. The molecule has 0 fully saturated rings. The molecule has 0 unspecified atom stereocenters. The SMILES string of the molecule is CC(C)c1cncnc1NS(=O)(=O)c1cncc(F)c1. The van der Waals surface area contributed by atoms with Gasteiger partial charge in [-0.25, -0.2) is 22.8 Å². The highest BCUT2D eigenvalue weighted by atomic mass is 32.2. The predicted octanol–water partition coefficient (Wildman–Crippen LogP) is 1.93. The number of halogens is 1. The van der Waals surface area contributed by atoms with Crippen molar-refractivity contribution in [2.45, 2.75) is 24.7 Å². The Bertz CT molecular complexity index is 719. The fourth-order valence-electron chi connectivity index (χ4n) is 1.57. The maximum absolute atomic E-state index is 13.1. The molecule has 6 nitrogen and oxygen atoms in total. The van der Waals surface area contributed by atoms with E-state index in [1.807, 2.05) is 13.8 Å². The first-order valence-corrected chi connectivity index (χ1v) is 7.32. The Kier molecular flexibility index (Phi) is 3.93. The minimum absolute atomic E-state index is 0.0412. The molecule has 2 heterocycles. The highest BCUT2D eigenvalue weighted by Gasteiger charge is 2.19. The minimum Gasteiger partial charge on any atom is -0.263 e. The summed E-state index contributed by atoms with van der Waals surface area (Å²) in [7, 11) is -3.93. The summed E-state index contributed by atoms with van der Waals surface area (Å²) < 4.78 is 39.7. The average Bonchev–Trinajstić information content (AvgIpc) is 2.38. The largest absolute Gasteiger partial charge is 0.264 e. The summed E-state index contributed by atoms with van der Waals surface area (Å²) in [6, 6.07) is 0.894. The molecule has 0 radical (unpaired) electrons. The van der Waals surface area contributed by atoms with Crippen LogP contribution in [0, 0.1) is 5.82 Å². The van der Waals surface area contributed by atoms with Crippen LogP contribution >= 0.6 is 0 Å². The minimum atomic E-state index is -3.93. The lowest BCUT2D eigenvalue weighted by molar-refractivity contribution is 0.592. The highest BCUT2D eigenvalue weighted by Crippen LogP contribution is 2.23. The zero-order valence-corrected chi connectivity index (χ0v) is 11.7. The van der Waals surface area contributed by atoms with E-state index in [1.54, 1.807) is 6.20 Å². The van der Waals surface area contributed by atoms with E-state index in [2.05, 4.69) is 19.7 Å². The zero-order valence-electron chi connectivity index (χ0n) is 10.9. The maximum Gasteiger partial charge on any atom is 0.264 e. The molecule has 0 aliphatic heterocycles. The summed E-state index contributed by atoms with van der Waals surface area (Å²) >= 11 is 0. The summed E-state index contributed by atoms with van der Waals surface area (Å²) in [6.07, 6.45) is 4.79. The summed E-state index contributed by atoms with van der Waals surface area (Å²) in [6.45, 7) is 3.78. The van der Waals surface area contributed by atoms with Crippen LogP contribution in [-0.2, 0) is 10.0 Å². The van der Waals surface area contributed by atoms with Crippen molar-refractivity contribution in [1.29, 1.82) is 0 Å². The van der Waals surface area contributed by atoms with E-state index in [9.17, 15) is 12.8 Å². The number of nitrogens with one attached hydrogen (secondary N) is 1. The third-order valence-corrected chi connectivity index (χ3v) is 3.89. The molecule has 2 aromatic heterocycles. The van der Waals surface area contributed by atoms with Crippen LogP contribution in [0.15, 0.2) is 35.9 Å². The first-order valence-electron chi connectivity index (χ1n) is 5.83. The van der Waals surface area contributed by atoms with E-state index < -0.39 is 15.8 Å². The lowest BCUT2D eigenvalue weighted by Crippen LogP contribution is -2.16. The summed E-state index contributed by atoms with van der Waals surface area (Å²) in [5.41, 5.74) is 0.653. The van der Waals surface area contributed by atoms with Gasteiger partial charge in [0.25, 0.3) is 10.0 Å². The van der Waals surface area contributed by atoms with Gasteiger partial charge < -0.3 is 0 Å². The second-order valence-electron chi connectivity index (χ2n) is 4.43. The molecule has 2 rings (SSSR count). The number of sulfonamides is 1. The molecule has 0 saturated carbocycles. The maximum atomic E-state index is 13.1. The van der Waals surface area contributed by atoms with Gasteiger partial charge in [-0.2, -0.15) is 0 Å². The van der Waals surface area contributed by atoms with Gasteiger partial charge in [-0.3, -0.25) is 9.71 Å². The topological polar surface area (TPSA) is 84.8 Å². The monoisotopic (exact) mass is 296 g/mol. The average molecular weight is 296 g/mol. The Labute approximate surface area is 116 Å². The van der Waals surface area contributed by atoms with Crippen molar-refractivity contribution in [1.82, 2.24) is 15.0 Å². The van der Waals surface area contributed by atoms with Crippen molar-refractivity contribution >= 4 is 15.8 Å². The van der Waals surface area contributed by atoms with Crippen LogP contribution in [0.1, 0.15) is 25.3 Å². The van der Waals surface area contributed by atoms with E-state index in [1.165, 1.54) is 6.33 Å². The van der Waals surface area contributed by atoms with E-state index in [0.717, 1.165) is 18.5 Å². The van der Waals surface area contributed by atoms with Crippen molar-refractivity contribution in [2.75, 3.05) is 4.72 Å². The van der Waals surface area contributed by atoms with E-state index >= 15 is 0 Å². The molecule has 0 aromatic carbocycles. The molecule has 0 saturated heterocycles. The van der Waals surface area contributed by atoms with Gasteiger partial charge in [0.05, 0.1) is 6.20 Å². The Hall–Kier alpha value is -2.09. The van der Waals surface area contributed by atoms with Gasteiger partial charge in [-0.15, -0.1) is 0 Å². The molecule has 0 aliphatic carbocycles. The van der Waals surface area contributed by atoms with Crippen molar-refractivity contribution in [2.24, 2.45) is 0 Å². The molecule has 8 heteroatoms. The van der Waals surface area contributed by atoms with Crippen LogP contribution in [0.25, 0.3) is 0 Å². The smallest absolute Gasteiger partial charge is 0.263 e. The lowest BCUT2D eigenvalue weighted by atomic mass is 10.1. The lowest BCUT2D eigenvalue weighted by Gasteiger charge is -2.12. The number of nitrogens with zero attached hydrogens (tertiary/aromatic N) is 3. The molecule has 20 heavy (non-hydrogen) atoms. The molecular weight excluding hydrogens is 283 g/mol. The Morgan fingerprint density at radius 2 is 1.95 bits per heavy atom. The molecule has 0 bridgehead atoms. The standard InChI is InChI=1S/C12H13FN4O2S/c1-8(2)11-6-15-7-16-12(11)17-20(18,19)10-3-9(13)4-14-5-10/h3-8H,1-2H3,(H,15,16,17). The van der Waals surface area contributed by atoms with Gasteiger partial charge in [0.2, 0.25) is 0 Å². The van der Waals surface area contributed by atoms with Crippen LogP contribution in [-0.4, -0.2) is 23.4 Å². The fraction of sp³-hybridized carbons (Fsp3) is 0.250. The number of hydrogen-bond donors (Lipinski definition) is 1. The fourth-order valence-corrected chi connectivity index (χ4v) is 2.58. The Morgan fingerprint density at radius 1 is 1.20 bits per heavy atom. The van der Waals surface area contributed by atoms with Crippen LogP contribution in [0.3, 0.4) is 0 Å². The van der Waals surface area contributed by atoms with Gasteiger partial charge in [0.1, 0.15) is 22.9 Å². The molecule has 106 valence electrons. The number of pyridine rings is 1. The molecule has 2 aromatic rings. The molecule has 0 aliphatic rings. The number of rotatable bonds is 4. The third-order valence-electron chi connectivity index (χ3n) is 2.58. The summed E-state index contributed by atoms with van der Waals surface area (Å²) in [4.78, 5) is 11.0. The molecule has 0 amide bonds. The predicted molar refractivity (Wildman–Crippen MR) is 71.1 cm³/mol. The van der Waals surface area contributed by atoms with Crippen molar-refractivity contribution in [3.63, 3.8) is 0 Å². The Morgan fingerprint density at radius 3 is 2.60 bits per heavy atom. The van der Waals surface area contributed by atoms with Crippen molar-refractivity contribution in [3.8, 4) is 0 Å². The van der Waals surface area contributed by atoms with Crippen molar-refractivity contribution < 1.29 is 12.8 Å². The van der Waals surface area contributed by atoms with E-state index in [-0.39, 0.29) is 16.6 Å². The highest BCUT2D eigenvalue weighted by molar-refractivity contribution is 7.92. The molecular formula is C12H13FN4O2S. The first kappa shape index (κ1) is 14.3. The van der Waals surface area contributed by atoms with Gasteiger partial charge >= 0.3 is 0 Å². The Balaban J connectivity index is 2.39. The molecule has 1 N–H and O–H groups in total. The summed E-state index contributed by atoms with van der Waals surface area (Å²) in [5.74, 6) is -0.501. The number of aromatic nitrogens is 3. The summed E-state index contributed by atoms with van der Waals surface area (Å²) in [5, 5.41) is 0. The molecule has 0 atom stereocenters. The van der Waals surface area contributed by atoms with Crippen LogP contribution in [0.2, 0.25) is 0 Å². The quantitative estimate of drug-likeness (QED) is 0.932. The van der Waals surface area contributed by atoms with Crippen LogP contribution in [0.4, 0.5) is 10.2 Å². The van der Waals surface area contributed by atoms with E-state index in [4.69, 9.17) is 0 Å².